The molecule has 1 fully saturated rings. The topological polar surface area (TPSA) is 75.4 Å². The number of amides is 2. The molecule has 3 heterocycles. The van der Waals surface area contributed by atoms with Crippen molar-refractivity contribution in [1.82, 2.24) is 10.3 Å². The van der Waals surface area contributed by atoms with E-state index in [9.17, 15) is 9.59 Å². The standard InChI is InChI=1S/C19H17N3O3S/c23-17-4-1-9-22(17)14-7-5-13(6-8-14)11-20-18(24)15-12-26-19(21-15)16-3-2-10-25-16/h2-3,5-8,10,12H,1,4,9,11H2,(H,20,24). The zero-order valence-electron chi connectivity index (χ0n) is 14.0. The number of benzene rings is 1. The monoisotopic (exact) mass is 367 g/mol. The molecule has 0 saturated carbocycles. The van der Waals surface area contributed by atoms with E-state index in [2.05, 4.69) is 10.3 Å². The van der Waals surface area contributed by atoms with E-state index in [1.165, 1.54) is 11.3 Å². The molecule has 0 unspecified atom stereocenters. The Hall–Kier alpha value is -2.93. The maximum Gasteiger partial charge on any atom is 0.271 e. The van der Waals surface area contributed by atoms with Crippen molar-refractivity contribution in [2.45, 2.75) is 19.4 Å². The number of nitrogens with one attached hydrogen (secondary N) is 1. The lowest BCUT2D eigenvalue weighted by molar-refractivity contribution is -0.117. The van der Waals surface area contributed by atoms with Crippen molar-refractivity contribution in [2.24, 2.45) is 0 Å². The summed E-state index contributed by atoms with van der Waals surface area (Å²) in [5.74, 6) is 0.598. The van der Waals surface area contributed by atoms with Gasteiger partial charge in [0.1, 0.15) is 5.69 Å². The summed E-state index contributed by atoms with van der Waals surface area (Å²) in [5.41, 5.74) is 2.25. The number of rotatable bonds is 5. The van der Waals surface area contributed by atoms with Crippen LogP contribution in [0, 0.1) is 0 Å². The molecule has 1 aromatic carbocycles. The molecule has 1 aliphatic rings. The van der Waals surface area contributed by atoms with E-state index in [-0.39, 0.29) is 11.8 Å². The Balaban J connectivity index is 1.36. The normalized spacial score (nSPS) is 14.0. The van der Waals surface area contributed by atoms with Gasteiger partial charge in [0, 0.05) is 30.6 Å². The van der Waals surface area contributed by atoms with Crippen LogP contribution in [0.1, 0.15) is 28.9 Å². The molecule has 6 nitrogen and oxygen atoms in total. The third-order valence-electron chi connectivity index (χ3n) is 4.24. The maximum atomic E-state index is 12.3. The van der Waals surface area contributed by atoms with Gasteiger partial charge in [-0.3, -0.25) is 9.59 Å². The van der Waals surface area contributed by atoms with Crippen molar-refractivity contribution in [1.29, 1.82) is 0 Å². The number of hydrogen-bond acceptors (Lipinski definition) is 5. The third kappa shape index (κ3) is 3.39. The Bertz CT molecular complexity index is 916. The Labute approximate surface area is 154 Å². The summed E-state index contributed by atoms with van der Waals surface area (Å²) in [6, 6.07) is 11.3. The molecule has 4 rings (SSSR count). The van der Waals surface area contributed by atoms with Gasteiger partial charge >= 0.3 is 0 Å². The first-order chi connectivity index (χ1) is 12.7. The molecule has 26 heavy (non-hydrogen) atoms. The van der Waals surface area contributed by atoms with Gasteiger partial charge in [-0.05, 0) is 36.2 Å². The van der Waals surface area contributed by atoms with Gasteiger partial charge in [-0.2, -0.15) is 0 Å². The van der Waals surface area contributed by atoms with E-state index >= 15 is 0 Å². The van der Waals surface area contributed by atoms with Crippen molar-refractivity contribution >= 4 is 28.8 Å². The zero-order chi connectivity index (χ0) is 17.9. The summed E-state index contributed by atoms with van der Waals surface area (Å²) in [7, 11) is 0. The van der Waals surface area contributed by atoms with E-state index < -0.39 is 0 Å². The number of furan rings is 1. The molecule has 7 heteroatoms. The zero-order valence-corrected chi connectivity index (χ0v) is 14.8. The highest BCUT2D eigenvalue weighted by molar-refractivity contribution is 7.13. The Morgan fingerprint density at radius 3 is 2.81 bits per heavy atom. The molecule has 0 spiro atoms. The van der Waals surface area contributed by atoms with Crippen LogP contribution in [0.3, 0.4) is 0 Å². The molecule has 132 valence electrons. The van der Waals surface area contributed by atoms with Crippen LogP contribution < -0.4 is 10.2 Å². The highest BCUT2D eigenvalue weighted by atomic mass is 32.1. The van der Waals surface area contributed by atoms with Gasteiger partial charge in [0.05, 0.1) is 6.26 Å². The number of nitrogens with zero attached hydrogens (tertiary/aromatic N) is 2. The van der Waals surface area contributed by atoms with Crippen molar-refractivity contribution < 1.29 is 14.0 Å². The lowest BCUT2D eigenvalue weighted by atomic mass is 10.2. The van der Waals surface area contributed by atoms with Crippen LogP contribution in [0.4, 0.5) is 5.69 Å². The highest BCUT2D eigenvalue weighted by Crippen LogP contribution is 2.24. The number of thiazole rings is 1. The molecule has 3 aromatic rings. The van der Waals surface area contributed by atoms with Crippen molar-refractivity contribution in [3.05, 3.63) is 59.3 Å². The summed E-state index contributed by atoms with van der Waals surface area (Å²) >= 11 is 1.37. The maximum absolute atomic E-state index is 12.3. The summed E-state index contributed by atoms with van der Waals surface area (Å²) < 4.78 is 5.29. The fraction of sp³-hybridized carbons (Fsp3) is 0.211. The summed E-state index contributed by atoms with van der Waals surface area (Å²) in [5, 5.41) is 5.26. The van der Waals surface area contributed by atoms with Crippen molar-refractivity contribution in [3.63, 3.8) is 0 Å². The van der Waals surface area contributed by atoms with Gasteiger partial charge < -0.3 is 14.6 Å². The largest absolute Gasteiger partial charge is 0.462 e. The van der Waals surface area contributed by atoms with Gasteiger partial charge in [-0.1, -0.05) is 12.1 Å². The third-order valence-corrected chi connectivity index (χ3v) is 5.10. The Morgan fingerprint density at radius 1 is 1.27 bits per heavy atom. The van der Waals surface area contributed by atoms with Crippen LogP contribution in [-0.4, -0.2) is 23.3 Å². The summed E-state index contributed by atoms with van der Waals surface area (Å²) in [4.78, 5) is 30.2. The average Bonchev–Trinajstić information content (AvgIpc) is 3.40. The van der Waals surface area contributed by atoms with Crippen molar-refractivity contribution in [3.8, 4) is 10.8 Å². The smallest absolute Gasteiger partial charge is 0.271 e. The molecule has 0 bridgehead atoms. The average molecular weight is 367 g/mol. The van der Waals surface area contributed by atoms with E-state index in [0.717, 1.165) is 24.2 Å². The molecule has 1 saturated heterocycles. The van der Waals surface area contributed by atoms with E-state index in [1.807, 2.05) is 30.3 Å². The summed E-state index contributed by atoms with van der Waals surface area (Å²) in [6.45, 7) is 1.18. The SMILES string of the molecule is O=C(NCc1ccc(N2CCCC2=O)cc1)c1csc(-c2ccco2)n1. The quantitative estimate of drug-likeness (QED) is 0.749. The minimum absolute atomic E-state index is 0.168. The fourth-order valence-electron chi connectivity index (χ4n) is 2.88. The summed E-state index contributed by atoms with van der Waals surface area (Å²) in [6.07, 6.45) is 3.10. The van der Waals surface area contributed by atoms with E-state index in [1.54, 1.807) is 22.6 Å². The van der Waals surface area contributed by atoms with E-state index in [4.69, 9.17) is 4.42 Å². The lowest BCUT2D eigenvalue weighted by Gasteiger charge is -2.16. The van der Waals surface area contributed by atoms with Crippen LogP contribution in [0.25, 0.3) is 10.8 Å². The number of aromatic nitrogens is 1. The second-order valence-electron chi connectivity index (χ2n) is 6.01. The minimum Gasteiger partial charge on any atom is -0.462 e. The first-order valence-electron chi connectivity index (χ1n) is 8.37. The second kappa shape index (κ2) is 7.13. The predicted octanol–water partition coefficient (Wildman–Crippen LogP) is 3.46. The highest BCUT2D eigenvalue weighted by Gasteiger charge is 2.21. The molecular formula is C19H17N3O3S. The van der Waals surface area contributed by atoms with E-state index in [0.29, 0.717) is 29.4 Å². The molecule has 2 aromatic heterocycles. The van der Waals surface area contributed by atoms with Crippen LogP contribution >= 0.6 is 11.3 Å². The second-order valence-corrected chi connectivity index (χ2v) is 6.87. The number of carbonyl (C=O) groups excluding carboxylic acids is 2. The molecule has 1 aliphatic heterocycles. The van der Waals surface area contributed by atoms with Crippen LogP contribution in [0.5, 0.6) is 0 Å². The van der Waals surface area contributed by atoms with Gasteiger partial charge in [0.2, 0.25) is 5.91 Å². The Morgan fingerprint density at radius 2 is 2.12 bits per heavy atom. The number of hydrogen-bond donors (Lipinski definition) is 1. The Kier molecular flexibility index (Phi) is 4.53. The minimum atomic E-state index is -0.224. The molecule has 2 amide bonds. The molecule has 0 aliphatic carbocycles. The first-order valence-corrected chi connectivity index (χ1v) is 9.25. The number of carbonyl (C=O) groups is 2. The van der Waals surface area contributed by atoms with Crippen LogP contribution in [0.2, 0.25) is 0 Å². The van der Waals surface area contributed by atoms with Crippen molar-refractivity contribution in [2.75, 3.05) is 11.4 Å². The molecule has 0 atom stereocenters. The van der Waals surface area contributed by atoms with Gasteiger partial charge in [0.25, 0.3) is 5.91 Å². The fourth-order valence-corrected chi connectivity index (χ4v) is 3.65. The van der Waals surface area contributed by atoms with Crippen LogP contribution in [0.15, 0.2) is 52.5 Å². The predicted molar refractivity (Wildman–Crippen MR) is 99.0 cm³/mol. The number of anilines is 1. The first kappa shape index (κ1) is 16.5. The molecule has 1 N–H and O–H groups in total. The van der Waals surface area contributed by atoms with Gasteiger partial charge in [0.15, 0.2) is 10.8 Å². The van der Waals surface area contributed by atoms with Gasteiger partial charge in [-0.25, -0.2) is 4.98 Å². The molecular weight excluding hydrogens is 350 g/mol. The molecule has 0 radical (unpaired) electrons. The van der Waals surface area contributed by atoms with Gasteiger partial charge in [-0.15, -0.1) is 11.3 Å². The van der Waals surface area contributed by atoms with Crippen LogP contribution in [-0.2, 0) is 11.3 Å². The lowest BCUT2D eigenvalue weighted by Crippen LogP contribution is -2.24.